The molecule has 0 spiro atoms. The highest BCUT2D eigenvalue weighted by Crippen LogP contribution is 2.33. The number of aliphatic hydroxyl groups excluding tert-OH is 1. The van der Waals surface area contributed by atoms with Crippen LogP contribution in [0.2, 0.25) is 0 Å². The molecule has 1 saturated carbocycles. The van der Waals surface area contributed by atoms with Crippen LogP contribution in [0.1, 0.15) is 46.5 Å². The van der Waals surface area contributed by atoms with Gasteiger partial charge in [0.15, 0.2) is 0 Å². The van der Waals surface area contributed by atoms with E-state index in [0.717, 1.165) is 12.8 Å². The zero-order chi connectivity index (χ0) is 10.1. The minimum Gasteiger partial charge on any atom is -0.390 e. The lowest BCUT2D eigenvalue weighted by Crippen LogP contribution is -2.43. The molecule has 0 amide bonds. The molecule has 0 radical (unpaired) electrons. The fourth-order valence-corrected chi connectivity index (χ4v) is 2.34. The third-order valence-electron chi connectivity index (χ3n) is 3.15. The Morgan fingerprint density at radius 1 is 1.31 bits per heavy atom. The predicted molar refractivity (Wildman–Crippen MR) is 53.4 cm³/mol. The Morgan fingerprint density at radius 2 is 1.92 bits per heavy atom. The van der Waals surface area contributed by atoms with Crippen molar-refractivity contribution in [3.05, 3.63) is 0 Å². The molecular weight excluding hydrogens is 164 g/mol. The van der Waals surface area contributed by atoms with Crippen LogP contribution in [-0.4, -0.2) is 21.9 Å². The van der Waals surface area contributed by atoms with Gasteiger partial charge < -0.3 is 10.2 Å². The van der Waals surface area contributed by atoms with Crippen LogP contribution in [0.15, 0.2) is 0 Å². The van der Waals surface area contributed by atoms with Crippen molar-refractivity contribution in [3.63, 3.8) is 0 Å². The van der Waals surface area contributed by atoms with Crippen molar-refractivity contribution < 1.29 is 10.2 Å². The summed E-state index contributed by atoms with van der Waals surface area (Å²) in [6.45, 7) is 5.61. The van der Waals surface area contributed by atoms with E-state index in [0.29, 0.717) is 11.8 Å². The molecule has 1 aliphatic rings. The molecule has 0 aromatic carbocycles. The van der Waals surface area contributed by atoms with Gasteiger partial charge in [-0.15, -0.1) is 0 Å². The lowest BCUT2D eigenvalue weighted by molar-refractivity contribution is -0.0867. The first-order valence-electron chi connectivity index (χ1n) is 5.31. The van der Waals surface area contributed by atoms with Crippen LogP contribution in [0.25, 0.3) is 0 Å². The van der Waals surface area contributed by atoms with Gasteiger partial charge in [0.1, 0.15) is 0 Å². The number of hydrogen-bond donors (Lipinski definition) is 2. The minimum absolute atomic E-state index is 0.295. The van der Waals surface area contributed by atoms with Gasteiger partial charge in [-0.1, -0.05) is 19.8 Å². The van der Waals surface area contributed by atoms with Crippen LogP contribution in [0.4, 0.5) is 0 Å². The summed E-state index contributed by atoms with van der Waals surface area (Å²) in [5.41, 5.74) is -0.943. The summed E-state index contributed by atoms with van der Waals surface area (Å²) in [6, 6.07) is 0. The van der Waals surface area contributed by atoms with E-state index in [9.17, 15) is 10.2 Å². The van der Waals surface area contributed by atoms with E-state index < -0.39 is 11.7 Å². The number of hydrogen-bond acceptors (Lipinski definition) is 2. The molecular formula is C11H22O2. The lowest BCUT2D eigenvalue weighted by atomic mass is 9.76. The summed E-state index contributed by atoms with van der Waals surface area (Å²) < 4.78 is 0. The highest BCUT2D eigenvalue weighted by atomic mass is 16.3. The van der Waals surface area contributed by atoms with Gasteiger partial charge in [-0.3, -0.25) is 0 Å². The van der Waals surface area contributed by atoms with Crippen LogP contribution in [0.5, 0.6) is 0 Å². The molecule has 0 saturated heterocycles. The van der Waals surface area contributed by atoms with Gasteiger partial charge in [-0.25, -0.2) is 0 Å². The van der Waals surface area contributed by atoms with Crippen LogP contribution < -0.4 is 0 Å². The first-order valence-corrected chi connectivity index (χ1v) is 5.31. The quantitative estimate of drug-likeness (QED) is 0.692. The molecule has 2 N–H and O–H groups in total. The molecule has 0 heterocycles. The molecule has 0 bridgehead atoms. The van der Waals surface area contributed by atoms with E-state index in [1.165, 1.54) is 12.8 Å². The Kier molecular flexibility index (Phi) is 3.36. The Bertz CT molecular complexity index is 160. The third-order valence-corrected chi connectivity index (χ3v) is 3.15. The molecule has 3 unspecified atom stereocenters. The third kappa shape index (κ3) is 2.96. The molecule has 78 valence electrons. The normalized spacial score (nSPS) is 33.0. The smallest absolute Gasteiger partial charge is 0.0852 e. The second-order valence-electron chi connectivity index (χ2n) is 5.13. The lowest BCUT2D eigenvalue weighted by Gasteiger charge is -2.36. The van der Waals surface area contributed by atoms with E-state index >= 15 is 0 Å². The molecule has 3 atom stereocenters. The van der Waals surface area contributed by atoms with Crippen LogP contribution in [0, 0.1) is 11.8 Å². The molecule has 1 aliphatic carbocycles. The van der Waals surface area contributed by atoms with Gasteiger partial charge in [0.05, 0.1) is 11.7 Å². The van der Waals surface area contributed by atoms with Crippen molar-refractivity contribution in [2.24, 2.45) is 11.8 Å². The van der Waals surface area contributed by atoms with Crippen molar-refractivity contribution >= 4 is 0 Å². The molecule has 2 heteroatoms. The average Bonchev–Trinajstić information content (AvgIpc) is 2.01. The standard InChI is InChI=1S/C11H22O2/c1-8-5-4-6-9(7-8)10(12)11(2,3)13/h8-10,12-13H,4-7H2,1-3H3. The predicted octanol–water partition coefficient (Wildman–Crippen LogP) is 1.94. The summed E-state index contributed by atoms with van der Waals surface area (Å²) in [7, 11) is 0. The Balaban J connectivity index is 2.51. The van der Waals surface area contributed by atoms with Crippen molar-refractivity contribution in [1.82, 2.24) is 0 Å². The molecule has 1 fully saturated rings. The Hall–Kier alpha value is -0.0800. The van der Waals surface area contributed by atoms with Crippen molar-refractivity contribution in [2.45, 2.75) is 58.2 Å². The summed E-state index contributed by atoms with van der Waals surface area (Å²) >= 11 is 0. The Labute approximate surface area is 81.0 Å². The maximum absolute atomic E-state index is 9.88. The summed E-state index contributed by atoms with van der Waals surface area (Å²) in [4.78, 5) is 0. The average molecular weight is 186 g/mol. The second kappa shape index (κ2) is 3.97. The second-order valence-corrected chi connectivity index (χ2v) is 5.13. The van der Waals surface area contributed by atoms with Gasteiger partial charge in [0.25, 0.3) is 0 Å². The number of rotatable bonds is 2. The van der Waals surface area contributed by atoms with E-state index in [1.807, 2.05) is 0 Å². The SMILES string of the molecule is CC1CCCC(C(O)C(C)(C)O)C1. The zero-order valence-corrected chi connectivity index (χ0v) is 8.95. The fourth-order valence-electron chi connectivity index (χ4n) is 2.34. The highest BCUT2D eigenvalue weighted by molar-refractivity contribution is 4.85. The fraction of sp³-hybridized carbons (Fsp3) is 1.00. The first kappa shape index (κ1) is 11.0. The van der Waals surface area contributed by atoms with Crippen LogP contribution in [0.3, 0.4) is 0 Å². The highest BCUT2D eigenvalue weighted by Gasteiger charge is 2.34. The van der Waals surface area contributed by atoms with E-state index in [1.54, 1.807) is 13.8 Å². The monoisotopic (exact) mass is 186 g/mol. The van der Waals surface area contributed by atoms with Gasteiger partial charge in [-0.05, 0) is 38.5 Å². The molecule has 13 heavy (non-hydrogen) atoms. The summed E-state index contributed by atoms with van der Waals surface area (Å²) in [5, 5.41) is 19.6. The maximum atomic E-state index is 9.88. The van der Waals surface area contributed by atoms with Crippen LogP contribution in [-0.2, 0) is 0 Å². The van der Waals surface area contributed by atoms with Gasteiger partial charge in [0.2, 0.25) is 0 Å². The molecule has 0 aromatic heterocycles. The zero-order valence-electron chi connectivity index (χ0n) is 8.95. The molecule has 0 aliphatic heterocycles. The molecule has 0 aromatic rings. The van der Waals surface area contributed by atoms with Crippen molar-refractivity contribution in [1.29, 1.82) is 0 Å². The Morgan fingerprint density at radius 3 is 2.38 bits per heavy atom. The van der Waals surface area contributed by atoms with Gasteiger partial charge in [-0.2, -0.15) is 0 Å². The van der Waals surface area contributed by atoms with Gasteiger partial charge in [0, 0.05) is 0 Å². The topological polar surface area (TPSA) is 40.5 Å². The first-order chi connectivity index (χ1) is 5.91. The summed E-state index contributed by atoms with van der Waals surface area (Å²) in [5.74, 6) is 1.000. The van der Waals surface area contributed by atoms with Crippen molar-refractivity contribution in [3.8, 4) is 0 Å². The maximum Gasteiger partial charge on any atom is 0.0852 e. The van der Waals surface area contributed by atoms with Crippen molar-refractivity contribution in [2.75, 3.05) is 0 Å². The van der Waals surface area contributed by atoms with E-state index in [-0.39, 0.29) is 0 Å². The molecule has 2 nitrogen and oxygen atoms in total. The molecule has 1 rings (SSSR count). The summed E-state index contributed by atoms with van der Waals surface area (Å²) in [6.07, 6.45) is 4.03. The minimum atomic E-state index is -0.943. The van der Waals surface area contributed by atoms with E-state index in [2.05, 4.69) is 6.92 Å². The van der Waals surface area contributed by atoms with Crippen LogP contribution >= 0.6 is 0 Å². The van der Waals surface area contributed by atoms with Gasteiger partial charge >= 0.3 is 0 Å². The number of aliphatic hydroxyl groups is 2. The largest absolute Gasteiger partial charge is 0.390 e. The van der Waals surface area contributed by atoms with E-state index in [4.69, 9.17) is 0 Å².